The van der Waals surface area contributed by atoms with Gasteiger partial charge in [0.15, 0.2) is 6.10 Å². The summed E-state index contributed by atoms with van der Waals surface area (Å²) in [7, 11) is 1.56. The molecular weight excluding hydrogens is 276 g/mol. The van der Waals surface area contributed by atoms with Crippen LogP contribution in [0.15, 0.2) is 22.7 Å². The molecule has 88 valence electrons. The molecule has 1 aromatic carbocycles. The molecule has 1 aromatic rings. The number of hydrogen-bond acceptors (Lipinski definition) is 3. The first-order chi connectivity index (χ1) is 7.58. The van der Waals surface area contributed by atoms with Crippen LogP contribution in [0.5, 0.6) is 11.5 Å². The van der Waals surface area contributed by atoms with Crippen LogP contribution in [0.25, 0.3) is 0 Å². The van der Waals surface area contributed by atoms with Gasteiger partial charge >= 0.3 is 5.97 Å². The van der Waals surface area contributed by atoms with Crippen molar-refractivity contribution in [2.75, 3.05) is 7.11 Å². The zero-order chi connectivity index (χ0) is 12.1. The molecule has 0 bridgehead atoms. The molecule has 0 saturated heterocycles. The molecule has 1 atom stereocenters. The summed E-state index contributed by atoms with van der Waals surface area (Å²) in [5.41, 5.74) is 0. The van der Waals surface area contributed by atoms with E-state index in [9.17, 15) is 4.79 Å². The van der Waals surface area contributed by atoms with Crippen LogP contribution >= 0.6 is 15.9 Å². The fraction of sp³-hybridized carbons (Fsp3) is 0.364. The van der Waals surface area contributed by atoms with Gasteiger partial charge in [-0.1, -0.05) is 6.92 Å². The highest BCUT2D eigenvalue weighted by atomic mass is 79.9. The molecule has 0 spiro atoms. The minimum Gasteiger partial charge on any atom is -0.497 e. The normalized spacial score (nSPS) is 11.9. The Balaban J connectivity index is 2.84. The van der Waals surface area contributed by atoms with E-state index in [-0.39, 0.29) is 0 Å². The lowest BCUT2D eigenvalue weighted by atomic mass is 10.2. The summed E-state index contributed by atoms with van der Waals surface area (Å²) in [6, 6.07) is 5.12. The van der Waals surface area contributed by atoms with E-state index in [2.05, 4.69) is 15.9 Å². The Bertz CT molecular complexity index is 378. The van der Waals surface area contributed by atoms with Gasteiger partial charge in [0, 0.05) is 0 Å². The molecule has 5 heteroatoms. The lowest BCUT2D eigenvalue weighted by molar-refractivity contribution is -0.145. The Labute approximate surface area is 102 Å². The van der Waals surface area contributed by atoms with Crippen molar-refractivity contribution in [1.82, 2.24) is 0 Å². The average molecular weight is 289 g/mol. The van der Waals surface area contributed by atoms with Gasteiger partial charge in [0.2, 0.25) is 0 Å². The molecule has 0 fully saturated rings. The van der Waals surface area contributed by atoms with Crippen LogP contribution in [0.1, 0.15) is 13.3 Å². The summed E-state index contributed by atoms with van der Waals surface area (Å²) < 4.78 is 11.1. The van der Waals surface area contributed by atoms with E-state index >= 15 is 0 Å². The van der Waals surface area contributed by atoms with Gasteiger partial charge < -0.3 is 14.6 Å². The summed E-state index contributed by atoms with van der Waals surface area (Å²) in [6.07, 6.45) is -0.418. The van der Waals surface area contributed by atoms with Crippen molar-refractivity contribution >= 4 is 21.9 Å². The van der Waals surface area contributed by atoms with Gasteiger partial charge in [0.05, 0.1) is 11.6 Å². The molecule has 1 unspecified atom stereocenters. The number of rotatable bonds is 5. The Morgan fingerprint density at radius 2 is 2.25 bits per heavy atom. The number of benzene rings is 1. The number of hydrogen-bond donors (Lipinski definition) is 1. The SMILES string of the molecule is CCC(Oc1ccc(OC)cc1Br)C(=O)O. The second-order valence-corrected chi connectivity index (χ2v) is 4.00. The molecule has 0 aliphatic carbocycles. The van der Waals surface area contributed by atoms with Gasteiger partial charge in [-0.15, -0.1) is 0 Å². The number of ether oxygens (including phenoxy) is 2. The summed E-state index contributed by atoms with van der Waals surface area (Å²) in [4.78, 5) is 10.8. The number of aliphatic carboxylic acids is 1. The second-order valence-electron chi connectivity index (χ2n) is 3.15. The van der Waals surface area contributed by atoms with E-state index in [0.29, 0.717) is 22.4 Å². The Hall–Kier alpha value is -1.23. The summed E-state index contributed by atoms with van der Waals surface area (Å²) >= 11 is 3.30. The molecule has 1 N–H and O–H groups in total. The molecule has 1 rings (SSSR count). The van der Waals surface area contributed by atoms with Crippen LogP contribution in [0, 0.1) is 0 Å². The molecule has 0 aliphatic heterocycles. The third-order valence-electron chi connectivity index (χ3n) is 2.05. The minimum atomic E-state index is -0.967. The van der Waals surface area contributed by atoms with Gasteiger partial charge in [0.1, 0.15) is 11.5 Å². The Morgan fingerprint density at radius 1 is 1.56 bits per heavy atom. The molecule has 4 nitrogen and oxygen atoms in total. The number of carboxylic acids is 1. The zero-order valence-electron chi connectivity index (χ0n) is 9.07. The smallest absolute Gasteiger partial charge is 0.344 e. The number of carboxylic acid groups (broad SMARTS) is 1. The minimum absolute atomic E-state index is 0.411. The summed E-state index contributed by atoms with van der Waals surface area (Å²) in [5, 5.41) is 8.86. The topological polar surface area (TPSA) is 55.8 Å². The van der Waals surface area contributed by atoms with Crippen molar-refractivity contribution in [2.45, 2.75) is 19.4 Å². The van der Waals surface area contributed by atoms with E-state index in [1.807, 2.05) is 0 Å². The maximum Gasteiger partial charge on any atom is 0.344 e. The lowest BCUT2D eigenvalue weighted by Gasteiger charge is -2.14. The highest BCUT2D eigenvalue weighted by Gasteiger charge is 2.18. The van der Waals surface area contributed by atoms with Crippen molar-refractivity contribution in [3.63, 3.8) is 0 Å². The third kappa shape index (κ3) is 3.13. The van der Waals surface area contributed by atoms with E-state index in [1.54, 1.807) is 32.2 Å². The maximum atomic E-state index is 10.8. The fourth-order valence-corrected chi connectivity index (χ4v) is 1.62. The van der Waals surface area contributed by atoms with Crippen LogP contribution < -0.4 is 9.47 Å². The molecule has 0 heterocycles. The predicted octanol–water partition coefficient (Wildman–Crippen LogP) is 2.70. The van der Waals surface area contributed by atoms with Crippen LogP contribution in [0.4, 0.5) is 0 Å². The van der Waals surface area contributed by atoms with E-state index in [0.717, 1.165) is 0 Å². The monoisotopic (exact) mass is 288 g/mol. The predicted molar refractivity (Wildman–Crippen MR) is 63.0 cm³/mol. The van der Waals surface area contributed by atoms with Gasteiger partial charge in [0.25, 0.3) is 0 Å². The lowest BCUT2D eigenvalue weighted by Crippen LogP contribution is -2.26. The molecular formula is C11H13BrO4. The van der Waals surface area contributed by atoms with Gasteiger partial charge in [-0.05, 0) is 40.5 Å². The van der Waals surface area contributed by atoms with Crippen molar-refractivity contribution in [3.8, 4) is 11.5 Å². The Kier molecular flexibility index (Phi) is 4.61. The summed E-state index contributed by atoms with van der Waals surface area (Å²) in [5.74, 6) is 0.211. The van der Waals surface area contributed by atoms with Crippen LogP contribution in [-0.2, 0) is 4.79 Å². The van der Waals surface area contributed by atoms with E-state index in [1.165, 1.54) is 0 Å². The first-order valence-corrected chi connectivity index (χ1v) is 5.60. The maximum absolute atomic E-state index is 10.8. The highest BCUT2D eigenvalue weighted by Crippen LogP contribution is 2.30. The fourth-order valence-electron chi connectivity index (χ4n) is 1.17. The number of carbonyl (C=O) groups is 1. The van der Waals surface area contributed by atoms with Crippen LogP contribution in [0.3, 0.4) is 0 Å². The van der Waals surface area contributed by atoms with Gasteiger partial charge in [-0.25, -0.2) is 4.79 Å². The van der Waals surface area contributed by atoms with Gasteiger partial charge in [-0.3, -0.25) is 0 Å². The quantitative estimate of drug-likeness (QED) is 0.905. The molecule has 16 heavy (non-hydrogen) atoms. The average Bonchev–Trinajstić information content (AvgIpc) is 2.26. The Morgan fingerprint density at radius 3 is 2.69 bits per heavy atom. The van der Waals surface area contributed by atoms with Gasteiger partial charge in [-0.2, -0.15) is 0 Å². The number of methoxy groups -OCH3 is 1. The first kappa shape index (κ1) is 12.8. The third-order valence-corrected chi connectivity index (χ3v) is 2.67. The van der Waals surface area contributed by atoms with Crippen molar-refractivity contribution in [1.29, 1.82) is 0 Å². The molecule has 0 aliphatic rings. The second kappa shape index (κ2) is 5.75. The van der Waals surface area contributed by atoms with Crippen molar-refractivity contribution < 1.29 is 19.4 Å². The molecule has 0 saturated carbocycles. The van der Waals surface area contributed by atoms with Crippen LogP contribution in [-0.4, -0.2) is 24.3 Å². The summed E-state index contributed by atoms with van der Waals surface area (Å²) in [6.45, 7) is 1.76. The van der Waals surface area contributed by atoms with Crippen LogP contribution in [0.2, 0.25) is 0 Å². The first-order valence-electron chi connectivity index (χ1n) is 4.81. The molecule has 0 amide bonds. The standard InChI is InChI=1S/C11H13BrO4/c1-3-9(11(13)14)16-10-5-4-7(15-2)6-8(10)12/h4-6,9H,3H2,1-2H3,(H,13,14). The highest BCUT2D eigenvalue weighted by molar-refractivity contribution is 9.10. The van der Waals surface area contributed by atoms with Crippen molar-refractivity contribution in [3.05, 3.63) is 22.7 Å². The zero-order valence-corrected chi connectivity index (χ0v) is 10.7. The number of halogens is 1. The van der Waals surface area contributed by atoms with E-state index in [4.69, 9.17) is 14.6 Å². The largest absolute Gasteiger partial charge is 0.497 e. The molecule has 0 aromatic heterocycles. The molecule has 0 radical (unpaired) electrons. The van der Waals surface area contributed by atoms with E-state index < -0.39 is 12.1 Å². The van der Waals surface area contributed by atoms with Crippen molar-refractivity contribution in [2.24, 2.45) is 0 Å².